The molecule has 0 spiro atoms. The Morgan fingerprint density at radius 3 is 2.73 bits per heavy atom. The van der Waals surface area contributed by atoms with Gasteiger partial charge in [-0.3, -0.25) is 4.79 Å². The number of hydrogen-bond acceptors (Lipinski definition) is 7. The maximum atomic E-state index is 12.2. The van der Waals surface area contributed by atoms with Crippen molar-refractivity contribution in [1.29, 1.82) is 0 Å². The maximum Gasteiger partial charge on any atom is 0.265 e. The average molecular weight is 336 g/mol. The molecular weight excluding hydrogens is 326 g/mol. The van der Waals surface area contributed by atoms with Gasteiger partial charge in [0.05, 0.1) is 6.20 Å². The lowest BCUT2D eigenvalue weighted by atomic mass is 10.1. The molecule has 0 saturated carbocycles. The minimum atomic E-state index is -0.552. The van der Waals surface area contributed by atoms with Crippen LogP contribution >= 0.6 is 23.1 Å². The van der Waals surface area contributed by atoms with Crippen molar-refractivity contribution >= 4 is 29.0 Å². The van der Waals surface area contributed by atoms with E-state index in [9.17, 15) is 4.79 Å². The minimum Gasteiger partial charge on any atom is -0.340 e. The van der Waals surface area contributed by atoms with Crippen molar-refractivity contribution in [2.75, 3.05) is 0 Å². The van der Waals surface area contributed by atoms with Crippen LogP contribution in [-0.2, 0) is 0 Å². The molecule has 1 aromatic carbocycles. The largest absolute Gasteiger partial charge is 0.340 e. The molecule has 2 aromatic heterocycles. The Morgan fingerprint density at radius 2 is 2.14 bits per heavy atom. The highest BCUT2D eigenvalue weighted by molar-refractivity contribution is 7.07. The highest BCUT2D eigenvalue weighted by Crippen LogP contribution is 2.22. The van der Waals surface area contributed by atoms with Crippen LogP contribution in [-0.4, -0.2) is 25.6 Å². The molecule has 0 bridgehead atoms. The first-order valence-electron chi connectivity index (χ1n) is 6.27. The molecule has 0 saturated heterocycles. The van der Waals surface area contributed by atoms with Crippen molar-refractivity contribution in [3.05, 3.63) is 57.6 Å². The van der Waals surface area contributed by atoms with Crippen LogP contribution in [0.5, 0.6) is 0 Å². The van der Waals surface area contributed by atoms with Gasteiger partial charge in [-0.05, 0) is 29.2 Å². The van der Waals surface area contributed by atoms with Crippen LogP contribution in [0, 0.1) is 6.92 Å². The zero-order valence-electron chi connectivity index (χ0n) is 11.4. The number of benzene rings is 1. The molecule has 0 aliphatic heterocycles. The van der Waals surface area contributed by atoms with Crippen molar-refractivity contribution < 1.29 is 9.32 Å². The number of nitrogens with zero attached hydrogens (tertiary/aromatic N) is 4. The van der Waals surface area contributed by atoms with Crippen molar-refractivity contribution in [1.82, 2.24) is 25.0 Å². The lowest BCUT2D eigenvalue weighted by molar-refractivity contribution is 0.0945. The van der Waals surface area contributed by atoms with Gasteiger partial charge in [0.1, 0.15) is 10.9 Å². The molecule has 1 amide bonds. The van der Waals surface area contributed by atoms with Crippen molar-refractivity contribution in [2.45, 2.75) is 13.0 Å². The Morgan fingerprint density at radius 1 is 1.36 bits per heavy atom. The van der Waals surface area contributed by atoms with Crippen LogP contribution in [0.15, 0.2) is 35.0 Å². The second kappa shape index (κ2) is 6.20. The van der Waals surface area contributed by atoms with Crippen LogP contribution < -0.4 is 5.32 Å². The normalized spacial score (nSPS) is 12.1. The molecule has 22 heavy (non-hydrogen) atoms. The van der Waals surface area contributed by atoms with Crippen LogP contribution in [0.25, 0.3) is 0 Å². The molecule has 0 fully saturated rings. The number of amides is 1. The van der Waals surface area contributed by atoms with E-state index in [1.807, 2.05) is 0 Å². The Labute approximate surface area is 134 Å². The fourth-order valence-electron chi connectivity index (χ4n) is 1.85. The standard InChI is InChI=1S/C13H10ClN5O2S/c1-7-16-12(18-21-7)11(8-2-4-9(14)5-3-8)17-13(20)10-6-15-19-22-10/h2-6,11H,1H3,(H,17,20)/t11-/m0/s1. The summed E-state index contributed by atoms with van der Waals surface area (Å²) in [6, 6.07) is 6.51. The van der Waals surface area contributed by atoms with E-state index >= 15 is 0 Å². The van der Waals surface area contributed by atoms with Gasteiger partial charge in [-0.2, -0.15) is 4.98 Å². The molecular formula is C13H10ClN5O2S. The lowest BCUT2D eigenvalue weighted by Gasteiger charge is -2.15. The van der Waals surface area contributed by atoms with Crippen LogP contribution in [0.2, 0.25) is 5.02 Å². The van der Waals surface area contributed by atoms with E-state index in [0.717, 1.165) is 17.1 Å². The average Bonchev–Trinajstić information content (AvgIpc) is 3.17. The Hall–Kier alpha value is -2.32. The van der Waals surface area contributed by atoms with Crippen molar-refractivity contribution in [2.24, 2.45) is 0 Å². The first-order chi connectivity index (χ1) is 10.6. The number of halogens is 1. The number of rotatable bonds is 4. The van der Waals surface area contributed by atoms with E-state index in [-0.39, 0.29) is 5.91 Å². The zero-order valence-corrected chi connectivity index (χ0v) is 12.9. The molecule has 0 unspecified atom stereocenters. The molecule has 2 heterocycles. The summed E-state index contributed by atoms with van der Waals surface area (Å²) in [6.07, 6.45) is 1.40. The highest BCUT2D eigenvalue weighted by Gasteiger charge is 2.23. The molecule has 0 radical (unpaired) electrons. The van der Waals surface area contributed by atoms with Crippen molar-refractivity contribution in [3.63, 3.8) is 0 Å². The summed E-state index contributed by atoms with van der Waals surface area (Å²) in [5.41, 5.74) is 0.788. The molecule has 1 atom stereocenters. The second-order valence-corrected chi connectivity index (χ2v) is 5.63. The summed E-state index contributed by atoms with van der Waals surface area (Å²) in [7, 11) is 0. The van der Waals surface area contributed by atoms with Gasteiger partial charge in [0.25, 0.3) is 5.91 Å². The fourth-order valence-corrected chi connectivity index (χ4v) is 2.40. The van der Waals surface area contributed by atoms with E-state index in [2.05, 4.69) is 25.0 Å². The third-order valence-corrected chi connectivity index (χ3v) is 3.78. The number of hydrogen-bond donors (Lipinski definition) is 1. The number of nitrogens with one attached hydrogen (secondary N) is 1. The monoisotopic (exact) mass is 335 g/mol. The smallest absolute Gasteiger partial charge is 0.265 e. The van der Waals surface area contributed by atoms with Gasteiger partial charge in [-0.15, -0.1) is 5.10 Å². The zero-order chi connectivity index (χ0) is 15.5. The van der Waals surface area contributed by atoms with Crippen LogP contribution in [0.1, 0.15) is 33.0 Å². The van der Waals surface area contributed by atoms with E-state index in [1.165, 1.54) is 6.20 Å². The minimum absolute atomic E-state index is 0.308. The molecule has 7 nitrogen and oxygen atoms in total. The molecule has 0 aliphatic carbocycles. The van der Waals surface area contributed by atoms with Gasteiger partial charge in [0.15, 0.2) is 5.82 Å². The quantitative estimate of drug-likeness (QED) is 0.786. The fraction of sp³-hybridized carbons (Fsp3) is 0.154. The lowest BCUT2D eigenvalue weighted by Crippen LogP contribution is -2.29. The van der Waals surface area contributed by atoms with E-state index in [4.69, 9.17) is 16.1 Å². The topological polar surface area (TPSA) is 93.8 Å². The van der Waals surface area contributed by atoms with E-state index < -0.39 is 6.04 Å². The third-order valence-electron chi connectivity index (χ3n) is 2.87. The predicted octanol–water partition coefficient (Wildman–Crippen LogP) is 2.40. The van der Waals surface area contributed by atoms with Gasteiger partial charge in [0, 0.05) is 11.9 Å². The van der Waals surface area contributed by atoms with Crippen molar-refractivity contribution in [3.8, 4) is 0 Å². The first-order valence-corrected chi connectivity index (χ1v) is 7.42. The summed E-state index contributed by atoms with van der Waals surface area (Å²) in [5.74, 6) is 0.478. The molecule has 0 aliphatic rings. The van der Waals surface area contributed by atoms with E-state index in [1.54, 1.807) is 31.2 Å². The molecule has 3 aromatic rings. The summed E-state index contributed by atoms with van der Waals surface area (Å²) in [5, 5.41) is 11.0. The van der Waals surface area contributed by atoms with Gasteiger partial charge < -0.3 is 9.84 Å². The van der Waals surface area contributed by atoms with Gasteiger partial charge in [-0.25, -0.2) is 0 Å². The highest BCUT2D eigenvalue weighted by atomic mass is 35.5. The van der Waals surface area contributed by atoms with Gasteiger partial charge in [-0.1, -0.05) is 33.4 Å². The summed E-state index contributed by atoms with van der Waals surface area (Å²) in [4.78, 5) is 16.8. The summed E-state index contributed by atoms with van der Waals surface area (Å²) < 4.78 is 8.68. The third kappa shape index (κ3) is 3.12. The Bertz CT molecular complexity index is 772. The SMILES string of the molecule is Cc1nc([C@@H](NC(=O)c2cnns2)c2ccc(Cl)cc2)no1. The Kier molecular flexibility index (Phi) is 4.12. The van der Waals surface area contributed by atoms with Crippen LogP contribution in [0.3, 0.4) is 0 Å². The second-order valence-electron chi connectivity index (χ2n) is 4.41. The number of carbonyl (C=O) groups excluding carboxylic acids is 1. The first kappa shape index (κ1) is 14.6. The summed E-state index contributed by atoms with van der Waals surface area (Å²) in [6.45, 7) is 1.68. The molecule has 1 N–H and O–H groups in total. The number of aromatic nitrogens is 4. The van der Waals surface area contributed by atoms with Gasteiger partial charge >= 0.3 is 0 Å². The molecule has 3 rings (SSSR count). The number of carbonyl (C=O) groups is 1. The number of aryl methyl sites for hydroxylation is 1. The molecule has 112 valence electrons. The molecule has 9 heteroatoms. The van der Waals surface area contributed by atoms with Gasteiger partial charge in [0.2, 0.25) is 5.89 Å². The maximum absolute atomic E-state index is 12.2. The van der Waals surface area contributed by atoms with E-state index in [0.29, 0.717) is 21.6 Å². The van der Waals surface area contributed by atoms with Crippen LogP contribution in [0.4, 0.5) is 0 Å². The Balaban J connectivity index is 1.92. The predicted molar refractivity (Wildman–Crippen MR) is 79.7 cm³/mol. The summed E-state index contributed by atoms with van der Waals surface area (Å²) >= 11 is 6.91.